The highest BCUT2D eigenvalue weighted by atomic mass is 127. The van der Waals surface area contributed by atoms with Gasteiger partial charge in [0.2, 0.25) is 5.91 Å². The summed E-state index contributed by atoms with van der Waals surface area (Å²) in [6, 6.07) is 14.2. The van der Waals surface area contributed by atoms with Crippen molar-refractivity contribution in [3.63, 3.8) is 0 Å². The highest BCUT2D eigenvalue weighted by Gasteiger charge is 2.19. The first-order valence-electron chi connectivity index (χ1n) is 11.0. The average molecular weight is 550 g/mol. The summed E-state index contributed by atoms with van der Waals surface area (Å²) < 4.78 is 11.5. The van der Waals surface area contributed by atoms with E-state index in [0.717, 1.165) is 54.2 Å². The van der Waals surface area contributed by atoms with Crippen molar-refractivity contribution in [2.75, 3.05) is 31.6 Å². The number of amides is 1. The summed E-state index contributed by atoms with van der Waals surface area (Å²) in [5.41, 5.74) is 3.17. The third kappa shape index (κ3) is 6.51. The molecule has 2 aromatic carbocycles. The second-order valence-electron chi connectivity index (χ2n) is 7.77. The number of ether oxygens (including phenoxy) is 2. The molecule has 0 bridgehead atoms. The van der Waals surface area contributed by atoms with Crippen molar-refractivity contribution in [2.24, 2.45) is 4.99 Å². The molecule has 32 heavy (non-hydrogen) atoms. The van der Waals surface area contributed by atoms with Crippen molar-refractivity contribution in [1.29, 1.82) is 0 Å². The van der Waals surface area contributed by atoms with Gasteiger partial charge in [0, 0.05) is 44.2 Å². The van der Waals surface area contributed by atoms with Crippen molar-refractivity contribution in [2.45, 2.75) is 39.3 Å². The molecular formula is C24H31IN4O3. The fraction of sp³-hybridized carbons (Fsp3) is 0.417. The van der Waals surface area contributed by atoms with Gasteiger partial charge < -0.3 is 25.0 Å². The molecule has 0 unspecified atom stereocenters. The van der Waals surface area contributed by atoms with E-state index in [1.165, 1.54) is 0 Å². The first-order valence-corrected chi connectivity index (χ1v) is 11.0. The Labute approximate surface area is 206 Å². The summed E-state index contributed by atoms with van der Waals surface area (Å²) in [7, 11) is 0. The Hall–Kier alpha value is -2.49. The number of guanidine groups is 1. The number of benzene rings is 2. The van der Waals surface area contributed by atoms with Gasteiger partial charge in [-0.3, -0.25) is 4.79 Å². The minimum atomic E-state index is 0. The molecule has 2 aromatic rings. The zero-order chi connectivity index (χ0) is 21.5. The maximum absolute atomic E-state index is 11.8. The molecule has 1 fully saturated rings. The van der Waals surface area contributed by atoms with Gasteiger partial charge in [-0.25, -0.2) is 4.99 Å². The Kier molecular flexibility index (Phi) is 9.01. The Morgan fingerprint density at radius 3 is 2.50 bits per heavy atom. The molecule has 7 nitrogen and oxygen atoms in total. The van der Waals surface area contributed by atoms with Crippen LogP contribution in [0.15, 0.2) is 47.5 Å². The number of fused-ring (bicyclic) bond motifs is 1. The SMILES string of the molecule is CCNC(=NCc1ccc(CN2CCCC2=O)cc1)Nc1ccc2c(c1)OCCCO2.I. The van der Waals surface area contributed by atoms with E-state index < -0.39 is 0 Å². The van der Waals surface area contributed by atoms with Crippen LogP contribution in [-0.4, -0.2) is 43.1 Å². The van der Waals surface area contributed by atoms with E-state index in [2.05, 4.69) is 34.9 Å². The number of hydrogen-bond acceptors (Lipinski definition) is 4. The zero-order valence-corrected chi connectivity index (χ0v) is 20.8. The lowest BCUT2D eigenvalue weighted by atomic mass is 10.1. The number of hydrogen-bond donors (Lipinski definition) is 2. The maximum atomic E-state index is 11.8. The molecule has 2 N–H and O–H groups in total. The molecule has 8 heteroatoms. The van der Waals surface area contributed by atoms with E-state index in [1.807, 2.05) is 30.0 Å². The lowest BCUT2D eigenvalue weighted by Gasteiger charge is -2.15. The summed E-state index contributed by atoms with van der Waals surface area (Å²) in [5.74, 6) is 2.50. The normalized spacial score (nSPS) is 15.7. The van der Waals surface area contributed by atoms with Gasteiger partial charge >= 0.3 is 0 Å². The minimum absolute atomic E-state index is 0. The van der Waals surface area contributed by atoms with Crippen molar-refractivity contribution in [3.05, 3.63) is 53.6 Å². The summed E-state index contributed by atoms with van der Waals surface area (Å²) in [6.07, 6.45) is 2.53. The molecule has 4 rings (SSSR count). The molecule has 1 amide bonds. The van der Waals surface area contributed by atoms with Crippen LogP contribution in [0.1, 0.15) is 37.3 Å². The van der Waals surface area contributed by atoms with E-state index in [9.17, 15) is 4.79 Å². The van der Waals surface area contributed by atoms with Crippen LogP contribution in [0.5, 0.6) is 11.5 Å². The Balaban J connectivity index is 0.00000289. The van der Waals surface area contributed by atoms with Gasteiger partial charge in [-0.15, -0.1) is 24.0 Å². The standard InChI is InChI=1S/C24H30N4O3.HI/c1-2-25-24(27-20-10-11-21-22(15-20)31-14-4-13-30-21)26-16-18-6-8-19(9-7-18)17-28-12-3-5-23(28)29;/h6-11,15H,2-5,12-14,16-17H2,1H3,(H2,25,26,27);1H. The predicted molar refractivity (Wildman–Crippen MR) is 137 cm³/mol. The molecule has 1 saturated heterocycles. The second kappa shape index (κ2) is 11.9. The lowest BCUT2D eigenvalue weighted by molar-refractivity contribution is -0.128. The largest absolute Gasteiger partial charge is 0.490 e. The number of halogens is 1. The van der Waals surface area contributed by atoms with Crippen LogP contribution >= 0.6 is 24.0 Å². The number of rotatable bonds is 6. The number of nitrogens with one attached hydrogen (secondary N) is 2. The molecule has 2 aliphatic rings. The Bertz CT molecular complexity index is 933. The molecule has 2 aliphatic heterocycles. The first kappa shape index (κ1) is 24.2. The van der Waals surface area contributed by atoms with Crippen molar-refractivity contribution in [1.82, 2.24) is 10.2 Å². The van der Waals surface area contributed by atoms with Gasteiger partial charge in [-0.05, 0) is 36.6 Å². The van der Waals surface area contributed by atoms with Crippen LogP contribution < -0.4 is 20.1 Å². The monoisotopic (exact) mass is 550 g/mol. The topological polar surface area (TPSA) is 75.2 Å². The van der Waals surface area contributed by atoms with Crippen LogP contribution in [0.25, 0.3) is 0 Å². The highest BCUT2D eigenvalue weighted by molar-refractivity contribution is 14.0. The average Bonchev–Trinajstić information content (AvgIpc) is 3.04. The van der Waals surface area contributed by atoms with E-state index in [4.69, 9.17) is 14.5 Å². The molecule has 0 saturated carbocycles. The Morgan fingerprint density at radius 2 is 1.78 bits per heavy atom. The molecule has 2 heterocycles. The van der Waals surface area contributed by atoms with Gasteiger partial charge in [-0.1, -0.05) is 24.3 Å². The van der Waals surface area contributed by atoms with E-state index >= 15 is 0 Å². The molecule has 0 aliphatic carbocycles. The fourth-order valence-electron chi connectivity index (χ4n) is 3.70. The maximum Gasteiger partial charge on any atom is 0.222 e. The van der Waals surface area contributed by atoms with Crippen LogP contribution in [0.4, 0.5) is 5.69 Å². The first-order chi connectivity index (χ1) is 15.2. The summed E-state index contributed by atoms with van der Waals surface area (Å²) >= 11 is 0. The van der Waals surface area contributed by atoms with Gasteiger partial charge in [0.25, 0.3) is 0 Å². The lowest BCUT2D eigenvalue weighted by Crippen LogP contribution is -2.30. The number of nitrogens with zero attached hydrogens (tertiary/aromatic N) is 2. The van der Waals surface area contributed by atoms with Crippen LogP contribution in [0, 0.1) is 0 Å². The van der Waals surface area contributed by atoms with Gasteiger partial charge in [-0.2, -0.15) is 0 Å². The predicted octanol–water partition coefficient (Wildman–Crippen LogP) is 4.17. The zero-order valence-electron chi connectivity index (χ0n) is 18.4. The van der Waals surface area contributed by atoms with Crippen molar-refractivity contribution >= 4 is 41.5 Å². The minimum Gasteiger partial charge on any atom is -0.490 e. The number of anilines is 1. The molecule has 0 spiro atoms. The van der Waals surface area contributed by atoms with Crippen LogP contribution in [0.3, 0.4) is 0 Å². The molecule has 0 atom stereocenters. The third-order valence-electron chi connectivity index (χ3n) is 5.34. The molecule has 172 valence electrons. The second-order valence-corrected chi connectivity index (χ2v) is 7.77. The van der Waals surface area contributed by atoms with Crippen molar-refractivity contribution < 1.29 is 14.3 Å². The fourth-order valence-corrected chi connectivity index (χ4v) is 3.70. The van der Waals surface area contributed by atoms with Crippen LogP contribution in [-0.2, 0) is 17.9 Å². The summed E-state index contributed by atoms with van der Waals surface area (Å²) in [4.78, 5) is 18.4. The molecule has 0 radical (unpaired) electrons. The van der Waals surface area contributed by atoms with E-state index in [1.54, 1.807) is 0 Å². The van der Waals surface area contributed by atoms with E-state index in [0.29, 0.717) is 38.7 Å². The smallest absolute Gasteiger partial charge is 0.222 e. The summed E-state index contributed by atoms with van der Waals surface area (Å²) in [6.45, 7) is 6.25. The number of carbonyl (C=O) groups excluding carboxylic acids is 1. The van der Waals surface area contributed by atoms with Gasteiger partial charge in [0.15, 0.2) is 17.5 Å². The summed E-state index contributed by atoms with van der Waals surface area (Å²) in [5, 5.41) is 6.63. The quantitative estimate of drug-likeness (QED) is 0.321. The van der Waals surface area contributed by atoms with E-state index in [-0.39, 0.29) is 29.9 Å². The van der Waals surface area contributed by atoms with Crippen molar-refractivity contribution in [3.8, 4) is 11.5 Å². The molecular weight excluding hydrogens is 519 g/mol. The molecule has 0 aromatic heterocycles. The number of carbonyl (C=O) groups is 1. The number of likely N-dealkylation sites (tertiary alicyclic amines) is 1. The number of aliphatic imine (C=N–C) groups is 1. The Morgan fingerprint density at radius 1 is 1.03 bits per heavy atom. The third-order valence-corrected chi connectivity index (χ3v) is 5.34. The van der Waals surface area contributed by atoms with Gasteiger partial charge in [0.1, 0.15) is 0 Å². The highest BCUT2D eigenvalue weighted by Crippen LogP contribution is 2.32. The van der Waals surface area contributed by atoms with Crippen LogP contribution in [0.2, 0.25) is 0 Å². The van der Waals surface area contributed by atoms with Gasteiger partial charge in [0.05, 0.1) is 19.8 Å².